The topological polar surface area (TPSA) is 52.0 Å². The van der Waals surface area contributed by atoms with Gasteiger partial charge in [0.25, 0.3) is 10.0 Å². The molecular formula is C10H7Cl3N2O2S. The molecule has 0 radical (unpaired) electrons. The van der Waals surface area contributed by atoms with Crippen molar-refractivity contribution in [2.24, 2.45) is 0 Å². The Hall–Kier alpha value is -0.750. The summed E-state index contributed by atoms with van der Waals surface area (Å²) in [5.41, 5.74) is 0.578. The molecule has 2 rings (SSSR count). The molecule has 0 saturated carbocycles. The van der Waals surface area contributed by atoms with Crippen molar-refractivity contribution in [1.82, 2.24) is 8.96 Å². The minimum absolute atomic E-state index is 0.0104. The molecule has 0 fully saturated rings. The molecule has 1 heterocycles. The molecule has 0 atom stereocenters. The summed E-state index contributed by atoms with van der Waals surface area (Å²) in [5, 5.41) is 0.106. The maximum absolute atomic E-state index is 12.3. The van der Waals surface area contributed by atoms with Gasteiger partial charge in [0.1, 0.15) is 11.2 Å². The van der Waals surface area contributed by atoms with Gasteiger partial charge in [-0.2, -0.15) is 0 Å². The molecule has 0 amide bonds. The van der Waals surface area contributed by atoms with Gasteiger partial charge >= 0.3 is 0 Å². The summed E-state index contributed by atoms with van der Waals surface area (Å²) in [6.45, 7) is 1.68. The Morgan fingerprint density at radius 2 is 1.83 bits per heavy atom. The summed E-state index contributed by atoms with van der Waals surface area (Å²) in [5.74, 6) is 0. The van der Waals surface area contributed by atoms with Crippen LogP contribution in [0.15, 0.2) is 29.6 Å². The first kappa shape index (κ1) is 13.7. The van der Waals surface area contributed by atoms with Gasteiger partial charge in [-0.3, -0.25) is 0 Å². The van der Waals surface area contributed by atoms with Crippen molar-refractivity contribution in [1.29, 1.82) is 0 Å². The van der Waals surface area contributed by atoms with E-state index in [1.807, 2.05) is 0 Å². The van der Waals surface area contributed by atoms with Gasteiger partial charge in [0.2, 0.25) is 0 Å². The van der Waals surface area contributed by atoms with E-state index < -0.39 is 10.0 Å². The Balaban J connectivity index is 2.66. The van der Waals surface area contributed by atoms with Crippen LogP contribution >= 0.6 is 34.8 Å². The van der Waals surface area contributed by atoms with Crippen molar-refractivity contribution >= 4 is 44.8 Å². The molecular weight excluding hydrogens is 319 g/mol. The second kappa shape index (κ2) is 4.74. The molecule has 0 aliphatic heterocycles. The van der Waals surface area contributed by atoms with Crippen LogP contribution in [0.3, 0.4) is 0 Å². The van der Waals surface area contributed by atoms with Crippen LogP contribution in [0.1, 0.15) is 5.69 Å². The molecule has 18 heavy (non-hydrogen) atoms. The molecule has 0 aliphatic carbocycles. The number of nitrogens with zero attached hydrogens (tertiary/aromatic N) is 2. The lowest BCUT2D eigenvalue weighted by Crippen LogP contribution is -2.11. The molecule has 2 aromatic rings. The largest absolute Gasteiger partial charge is 0.270 e. The third kappa shape index (κ3) is 2.23. The van der Waals surface area contributed by atoms with Crippen molar-refractivity contribution in [2.75, 3.05) is 0 Å². The van der Waals surface area contributed by atoms with E-state index in [1.54, 1.807) is 6.92 Å². The van der Waals surface area contributed by atoms with Crippen molar-refractivity contribution in [3.63, 3.8) is 0 Å². The van der Waals surface area contributed by atoms with Crippen LogP contribution in [0.5, 0.6) is 0 Å². The highest BCUT2D eigenvalue weighted by Gasteiger charge is 2.23. The second-order valence-corrected chi connectivity index (χ2v) is 6.50. The fourth-order valence-electron chi connectivity index (χ4n) is 1.35. The van der Waals surface area contributed by atoms with Gasteiger partial charge in [-0.1, -0.05) is 34.8 Å². The highest BCUT2D eigenvalue weighted by Crippen LogP contribution is 2.35. The lowest BCUT2D eigenvalue weighted by molar-refractivity contribution is 0.587. The second-order valence-electron chi connectivity index (χ2n) is 3.52. The molecule has 0 saturated heterocycles. The minimum Gasteiger partial charge on any atom is -0.241 e. The van der Waals surface area contributed by atoms with Gasteiger partial charge in [-0.25, -0.2) is 17.4 Å². The standard InChI is InChI=1S/C10H7Cl3N2O2S/c1-6-4-15(5-14-6)18(16,17)8-3-2-7(11)9(12)10(8)13/h2-5H,1H3. The number of rotatable bonds is 2. The molecule has 0 unspecified atom stereocenters. The van der Waals surface area contributed by atoms with E-state index in [1.165, 1.54) is 24.7 Å². The number of hydrogen-bond acceptors (Lipinski definition) is 3. The minimum atomic E-state index is -3.81. The van der Waals surface area contributed by atoms with Gasteiger partial charge in [0.05, 0.1) is 20.8 Å². The van der Waals surface area contributed by atoms with Crippen LogP contribution in [-0.2, 0) is 10.0 Å². The van der Waals surface area contributed by atoms with E-state index in [2.05, 4.69) is 4.98 Å². The summed E-state index contributed by atoms with van der Waals surface area (Å²) >= 11 is 17.5. The molecule has 0 spiro atoms. The van der Waals surface area contributed by atoms with Crippen molar-refractivity contribution in [3.05, 3.63) is 45.4 Å². The fraction of sp³-hybridized carbons (Fsp3) is 0.100. The number of halogens is 3. The number of benzene rings is 1. The Morgan fingerprint density at radius 1 is 1.17 bits per heavy atom. The van der Waals surface area contributed by atoms with E-state index >= 15 is 0 Å². The van der Waals surface area contributed by atoms with E-state index in [0.717, 1.165) is 3.97 Å². The van der Waals surface area contributed by atoms with Crippen LogP contribution in [0.2, 0.25) is 15.1 Å². The first-order valence-corrected chi connectivity index (χ1v) is 7.31. The summed E-state index contributed by atoms with van der Waals surface area (Å²) in [6.07, 6.45) is 2.58. The molecule has 1 aromatic carbocycles. The van der Waals surface area contributed by atoms with Crippen molar-refractivity contribution in [2.45, 2.75) is 11.8 Å². The zero-order chi connectivity index (χ0) is 13.5. The van der Waals surface area contributed by atoms with Crippen LogP contribution in [0, 0.1) is 6.92 Å². The molecule has 0 bridgehead atoms. The number of aryl methyl sites for hydroxylation is 1. The smallest absolute Gasteiger partial charge is 0.241 e. The van der Waals surface area contributed by atoms with E-state index in [4.69, 9.17) is 34.8 Å². The summed E-state index contributed by atoms with van der Waals surface area (Å²) in [7, 11) is -3.81. The zero-order valence-corrected chi connectivity index (χ0v) is 12.1. The quantitative estimate of drug-likeness (QED) is 0.795. The van der Waals surface area contributed by atoms with Crippen LogP contribution in [0.25, 0.3) is 0 Å². The third-order valence-electron chi connectivity index (χ3n) is 2.24. The lowest BCUT2D eigenvalue weighted by atomic mass is 10.4. The zero-order valence-electron chi connectivity index (χ0n) is 9.06. The average molecular weight is 326 g/mol. The maximum atomic E-state index is 12.3. The Kier molecular flexibility index (Phi) is 3.60. The van der Waals surface area contributed by atoms with Crippen molar-refractivity contribution < 1.29 is 8.42 Å². The SMILES string of the molecule is Cc1cn(S(=O)(=O)c2ccc(Cl)c(Cl)c2Cl)cn1. The van der Waals surface area contributed by atoms with E-state index in [0.29, 0.717) is 5.69 Å². The summed E-state index contributed by atoms with van der Waals surface area (Å²) < 4.78 is 25.5. The number of imidazole rings is 1. The highest BCUT2D eigenvalue weighted by atomic mass is 35.5. The van der Waals surface area contributed by atoms with Gasteiger partial charge < -0.3 is 0 Å². The fourth-order valence-corrected chi connectivity index (χ4v) is 3.49. The van der Waals surface area contributed by atoms with Gasteiger partial charge in [0.15, 0.2) is 0 Å². The third-order valence-corrected chi connectivity index (χ3v) is 5.30. The van der Waals surface area contributed by atoms with Crippen LogP contribution in [0.4, 0.5) is 0 Å². The Labute approximate surface area is 119 Å². The van der Waals surface area contributed by atoms with Crippen LogP contribution in [-0.4, -0.2) is 17.4 Å². The molecule has 4 nitrogen and oxygen atoms in total. The first-order chi connectivity index (χ1) is 8.34. The Bertz CT molecular complexity index is 710. The monoisotopic (exact) mass is 324 g/mol. The molecule has 0 aliphatic rings. The lowest BCUT2D eigenvalue weighted by Gasteiger charge is -2.08. The van der Waals surface area contributed by atoms with E-state index in [-0.39, 0.29) is 20.0 Å². The highest BCUT2D eigenvalue weighted by molar-refractivity contribution is 7.90. The van der Waals surface area contributed by atoms with Gasteiger partial charge in [-0.05, 0) is 19.1 Å². The predicted molar refractivity (Wildman–Crippen MR) is 71.0 cm³/mol. The Morgan fingerprint density at radius 3 is 2.39 bits per heavy atom. The van der Waals surface area contributed by atoms with Gasteiger partial charge in [-0.15, -0.1) is 0 Å². The predicted octanol–water partition coefficient (Wildman–Crippen LogP) is 3.39. The molecule has 1 aromatic heterocycles. The average Bonchev–Trinajstić information content (AvgIpc) is 2.73. The molecule has 8 heteroatoms. The maximum Gasteiger partial charge on any atom is 0.270 e. The van der Waals surface area contributed by atoms with E-state index in [9.17, 15) is 8.42 Å². The molecule has 96 valence electrons. The molecule has 0 N–H and O–H groups in total. The van der Waals surface area contributed by atoms with Crippen LogP contribution < -0.4 is 0 Å². The first-order valence-electron chi connectivity index (χ1n) is 4.73. The summed E-state index contributed by atoms with van der Waals surface area (Å²) in [6, 6.07) is 2.69. The van der Waals surface area contributed by atoms with Gasteiger partial charge in [0, 0.05) is 6.20 Å². The normalized spacial score (nSPS) is 11.8. The summed E-state index contributed by atoms with van der Waals surface area (Å²) in [4.78, 5) is 3.74. The van der Waals surface area contributed by atoms with Crippen molar-refractivity contribution in [3.8, 4) is 0 Å². The number of hydrogen-bond donors (Lipinski definition) is 0. The number of aromatic nitrogens is 2.